The molecule has 8 nitrogen and oxygen atoms in total. The minimum absolute atomic E-state index is 0.287. The van der Waals surface area contributed by atoms with E-state index in [0.29, 0.717) is 23.4 Å². The molecule has 1 aromatic heterocycles. The summed E-state index contributed by atoms with van der Waals surface area (Å²) in [6.45, 7) is 9.30. The summed E-state index contributed by atoms with van der Waals surface area (Å²) in [5.41, 5.74) is 0. The van der Waals surface area contributed by atoms with Crippen LogP contribution in [0.4, 0.5) is 4.79 Å². The van der Waals surface area contributed by atoms with Gasteiger partial charge >= 0.3 is 6.03 Å². The van der Waals surface area contributed by atoms with E-state index in [1.165, 1.54) is 11.8 Å². The van der Waals surface area contributed by atoms with E-state index >= 15 is 0 Å². The fraction of sp³-hybridized carbons (Fsp3) is 0.500. The van der Waals surface area contributed by atoms with Crippen molar-refractivity contribution in [3.63, 3.8) is 0 Å². The van der Waals surface area contributed by atoms with Gasteiger partial charge in [0.25, 0.3) is 0 Å². The van der Waals surface area contributed by atoms with Crippen LogP contribution in [-0.2, 0) is 17.9 Å². The van der Waals surface area contributed by atoms with Crippen LogP contribution in [0.25, 0.3) is 0 Å². The highest BCUT2D eigenvalue weighted by Crippen LogP contribution is 2.24. The molecule has 3 amide bonds. The van der Waals surface area contributed by atoms with Gasteiger partial charge in [-0.3, -0.25) is 10.1 Å². The number of carbonyl (C=O) groups excluding carboxylic acids is 2. The highest BCUT2D eigenvalue weighted by atomic mass is 32.2. The number of imide groups is 1. The predicted molar refractivity (Wildman–Crippen MR) is 113 cm³/mol. The molecule has 0 bridgehead atoms. The Morgan fingerprint density at radius 2 is 1.90 bits per heavy atom. The van der Waals surface area contributed by atoms with Gasteiger partial charge in [0.15, 0.2) is 11.0 Å². The van der Waals surface area contributed by atoms with Crippen molar-refractivity contribution in [3.05, 3.63) is 36.2 Å². The SMILES string of the molecule is CCNC(=O)NC(=O)C(C)Sc1nnc(COc2ccccc2)n1CCC(C)C. The number of ether oxygens (including phenoxy) is 1. The van der Waals surface area contributed by atoms with Crippen LogP contribution in [0.2, 0.25) is 0 Å². The fourth-order valence-electron chi connectivity index (χ4n) is 2.42. The molecule has 2 aromatic rings. The molecule has 29 heavy (non-hydrogen) atoms. The molecule has 0 aliphatic rings. The number of thioether (sulfide) groups is 1. The van der Waals surface area contributed by atoms with Crippen molar-refractivity contribution in [2.24, 2.45) is 5.92 Å². The third-order valence-electron chi connectivity index (χ3n) is 4.06. The Balaban J connectivity index is 2.08. The quantitative estimate of drug-likeness (QED) is 0.574. The molecule has 158 valence electrons. The Hall–Kier alpha value is -2.55. The molecular weight excluding hydrogens is 390 g/mol. The van der Waals surface area contributed by atoms with E-state index in [1.54, 1.807) is 13.8 Å². The number of aromatic nitrogens is 3. The van der Waals surface area contributed by atoms with Gasteiger partial charge in [0.1, 0.15) is 12.4 Å². The normalized spacial score (nSPS) is 11.9. The van der Waals surface area contributed by atoms with Crippen molar-refractivity contribution in [1.82, 2.24) is 25.4 Å². The summed E-state index contributed by atoms with van der Waals surface area (Å²) in [6.07, 6.45) is 0.948. The Kier molecular flexibility index (Phi) is 8.98. The molecule has 0 aliphatic heterocycles. The van der Waals surface area contributed by atoms with Crippen molar-refractivity contribution in [1.29, 1.82) is 0 Å². The summed E-state index contributed by atoms with van der Waals surface area (Å²) in [5.74, 6) is 1.60. The highest BCUT2D eigenvalue weighted by Gasteiger charge is 2.22. The number of nitrogens with one attached hydrogen (secondary N) is 2. The van der Waals surface area contributed by atoms with Crippen molar-refractivity contribution in [3.8, 4) is 5.75 Å². The van der Waals surface area contributed by atoms with Crippen molar-refractivity contribution < 1.29 is 14.3 Å². The summed E-state index contributed by atoms with van der Waals surface area (Å²) in [4.78, 5) is 23.8. The Bertz CT molecular complexity index is 795. The van der Waals surface area contributed by atoms with Crippen molar-refractivity contribution in [2.75, 3.05) is 6.54 Å². The Morgan fingerprint density at radius 1 is 1.17 bits per heavy atom. The van der Waals surface area contributed by atoms with E-state index in [1.807, 2.05) is 34.9 Å². The molecule has 2 rings (SSSR count). The molecule has 0 saturated carbocycles. The number of rotatable bonds is 10. The third kappa shape index (κ3) is 7.41. The van der Waals surface area contributed by atoms with Crippen LogP contribution in [0, 0.1) is 5.92 Å². The first-order chi connectivity index (χ1) is 13.9. The minimum atomic E-state index is -0.498. The number of hydrogen-bond acceptors (Lipinski definition) is 6. The van der Waals surface area contributed by atoms with E-state index in [-0.39, 0.29) is 12.5 Å². The topological polar surface area (TPSA) is 98.1 Å². The second-order valence-electron chi connectivity index (χ2n) is 6.94. The first-order valence-electron chi connectivity index (χ1n) is 9.76. The van der Waals surface area contributed by atoms with Gasteiger partial charge in [-0.15, -0.1) is 10.2 Å². The number of para-hydroxylation sites is 1. The van der Waals surface area contributed by atoms with Crippen LogP contribution < -0.4 is 15.4 Å². The Morgan fingerprint density at radius 3 is 2.55 bits per heavy atom. The lowest BCUT2D eigenvalue weighted by Crippen LogP contribution is -2.42. The van der Waals surface area contributed by atoms with Gasteiger partial charge in [-0.25, -0.2) is 4.79 Å². The number of benzene rings is 1. The van der Waals surface area contributed by atoms with Gasteiger partial charge in [0.05, 0.1) is 5.25 Å². The average Bonchev–Trinajstić information content (AvgIpc) is 3.07. The molecule has 9 heteroatoms. The third-order valence-corrected chi connectivity index (χ3v) is 5.14. The molecule has 1 unspecified atom stereocenters. The predicted octanol–water partition coefficient (Wildman–Crippen LogP) is 3.23. The number of hydrogen-bond donors (Lipinski definition) is 2. The molecule has 1 heterocycles. The van der Waals surface area contributed by atoms with Gasteiger partial charge in [0, 0.05) is 13.1 Å². The molecular formula is C20H29N5O3S. The van der Waals surface area contributed by atoms with Crippen molar-refractivity contribution >= 4 is 23.7 Å². The molecule has 2 N–H and O–H groups in total. The van der Waals surface area contributed by atoms with Crippen LogP contribution in [0.15, 0.2) is 35.5 Å². The Labute approximate surface area is 175 Å². The van der Waals surface area contributed by atoms with E-state index in [2.05, 4.69) is 34.7 Å². The van der Waals surface area contributed by atoms with Crippen LogP contribution in [-0.4, -0.2) is 38.5 Å². The van der Waals surface area contributed by atoms with Gasteiger partial charge in [-0.2, -0.15) is 0 Å². The minimum Gasteiger partial charge on any atom is -0.486 e. The summed E-state index contributed by atoms with van der Waals surface area (Å²) in [6, 6.07) is 9.03. The molecule has 1 atom stereocenters. The molecule has 1 aromatic carbocycles. The first-order valence-corrected chi connectivity index (χ1v) is 10.6. The maximum atomic E-state index is 12.3. The standard InChI is InChI=1S/C20H29N5O3S/c1-5-21-19(27)22-18(26)15(4)29-20-24-23-17(25(20)12-11-14(2)3)13-28-16-9-7-6-8-10-16/h6-10,14-15H,5,11-13H2,1-4H3,(H2,21,22,26,27). The molecule has 0 saturated heterocycles. The van der Waals surface area contributed by atoms with Crippen LogP contribution in [0.5, 0.6) is 5.75 Å². The van der Waals surface area contributed by atoms with Gasteiger partial charge in [0.2, 0.25) is 5.91 Å². The van der Waals surface area contributed by atoms with Gasteiger partial charge < -0.3 is 14.6 Å². The van der Waals surface area contributed by atoms with E-state index in [4.69, 9.17) is 4.74 Å². The summed E-state index contributed by atoms with van der Waals surface area (Å²) in [7, 11) is 0. The number of carbonyl (C=O) groups is 2. The lowest BCUT2D eigenvalue weighted by molar-refractivity contribution is -0.119. The zero-order valence-electron chi connectivity index (χ0n) is 17.3. The second-order valence-corrected chi connectivity index (χ2v) is 8.25. The van der Waals surface area contributed by atoms with Crippen LogP contribution in [0.1, 0.15) is 39.9 Å². The number of urea groups is 1. The number of amides is 3. The van der Waals surface area contributed by atoms with E-state index < -0.39 is 11.3 Å². The monoisotopic (exact) mass is 419 g/mol. The largest absolute Gasteiger partial charge is 0.486 e. The van der Waals surface area contributed by atoms with E-state index in [0.717, 1.165) is 18.7 Å². The smallest absolute Gasteiger partial charge is 0.321 e. The maximum Gasteiger partial charge on any atom is 0.321 e. The zero-order chi connectivity index (χ0) is 21.2. The fourth-order valence-corrected chi connectivity index (χ4v) is 3.31. The lowest BCUT2D eigenvalue weighted by Gasteiger charge is -2.14. The maximum absolute atomic E-state index is 12.3. The lowest BCUT2D eigenvalue weighted by atomic mass is 10.1. The van der Waals surface area contributed by atoms with Gasteiger partial charge in [-0.05, 0) is 38.3 Å². The molecule has 0 spiro atoms. The average molecular weight is 420 g/mol. The summed E-state index contributed by atoms with van der Waals surface area (Å²) >= 11 is 1.27. The number of nitrogens with zero attached hydrogens (tertiary/aromatic N) is 3. The zero-order valence-corrected chi connectivity index (χ0v) is 18.2. The molecule has 0 aliphatic carbocycles. The second kappa shape index (κ2) is 11.5. The summed E-state index contributed by atoms with van der Waals surface area (Å²) < 4.78 is 7.81. The van der Waals surface area contributed by atoms with Gasteiger partial charge in [-0.1, -0.05) is 43.8 Å². The first kappa shape index (κ1) is 22.7. The van der Waals surface area contributed by atoms with Crippen LogP contribution >= 0.6 is 11.8 Å². The molecule has 0 fully saturated rings. The van der Waals surface area contributed by atoms with E-state index in [9.17, 15) is 9.59 Å². The van der Waals surface area contributed by atoms with Crippen LogP contribution in [0.3, 0.4) is 0 Å². The highest BCUT2D eigenvalue weighted by molar-refractivity contribution is 8.00. The van der Waals surface area contributed by atoms with Crippen molar-refractivity contribution in [2.45, 2.75) is 57.7 Å². The summed E-state index contributed by atoms with van der Waals surface area (Å²) in [5, 5.41) is 13.5. The molecule has 0 radical (unpaired) electrons.